The second-order valence-electron chi connectivity index (χ2n) is 5.02. The molecule has 7 heteroatoms. The smallest absolute Gasteiger partial charge is 0.255 e. The van der Waals surface area contributed by atoms with E-state index in [9.17, 15) is 9.59 Å². The summed E-state index contributed by atoms with van der Waals surface area (Å²) in [6.45, 7) is 0. The molecule has 4 N–H and O–H groups in total. The molecule has 2 amide bonds. The van der Waals surface area contributed by atoms with Crippen molar-refractivity contribution in [2.75, 3.05) is 5.32 Å². The van der Waals surface area contributed by atoms with Gasteiger partial charge in [-0.2, -0.15) is 0 Å². The number of aromatic amines is 1. The first-order valence-electron chi connectivity index (χ1n) is 6.85. The quantitative estimate of drug-likeness (QED) is 0.685. The number of carbonyl (C=O) groups is 2. The van der Waals surface area contributed by atoms with Gasteiger partial charge in [0.15, 0.2) is 0 Å². The molecule has 1 heterocycles. The minimum absolute atomic E-state index is 0.0265. The number of nitrogens with zero attached hydrogens (tertiary/aromatic N) is 1. The molecule has 23 heavy (non-hydrogen) atoms. The lowest BCUT2D eigenvalue weighted by atomic mass is 10.2. The van der Waals surface area contributed by atoms with E-state index < -0.39 is 5.91 Å². The minimum atomic E-state index is -0.469. The van der Waals surface area contributed by atoms with E-state index in [0.29, 0.717) is 33.1 Å². The first-order chi connectivity index (χ1) is 11.0. The summed E-state index contributed by atoms with van der Waals surface area (Å²) in [5, 5.41) is 3.32. The van der Waals surface area contributed by atoms with Gasteiger partial charge in [0.1, 0.15) is 5.82 Å². The number of primary amides is 1. The zero-order valence-electron chi connectivity index (χ0n) is 12.0. The maximum absolute atomic E-state index is 12.3. The summed E-state index contributed by atoms with van der Waals surface area (Å²) < 4.78 is 0. The second kappa shape index (κ2) is 6.10. The predicted octanol–water partition coefficient (Wildman–Crippen LogP) is 2.50. The molecule has 116 valence electrons. The SMILES string of the molecule is NC(=O)Cc1nc2ccc(C(=O)Nc3cccc(Cl)c3)cc2[nH]1. The third-order valence-corrected chi connectivity index (χ3v) is 3.45. The fraction of sp³-hybridized carbons (Fsp3) is 0.0625. The third kappa shape index (κ3) is 3.49. The lowest BCUT2D eigenvalue weighted by Gasteiger charge is -2.05. The second-order valence-corrected chi connectivity index (χ2v) is 5.46. The Morgan fingerprint density at radius 2 is 2.04 bits per heavy atom. The van der Waals surface area contributed by atoms with Crippen LogP contribution >= 0.6 is 11.6 Å². The zero-order chi connectivity index (χ0) is 16.4. The molecule has 0 unspecified atom stereocenters. The summed E-state index contributed by atoms with van der Waals surface area (Å²) >= 11 is 5.89. The normalized spacial score (nSPS) is 10.7. The molecule has 0 aliphatic rings. The van der Waals surface area contributed by atoms with Crippen molar-refractivity contribution in [3.8, 4) is 0 Å². The van der Waals surface area contributed by atoms with Gasteiger partial charge in [0.2, 0.25) is 5.91 Å². The number of hydrogen-bond donors (Lipinski definition) is 3. The largest absolute Gasteiger partial charge is 0.369 e. The van der Waals surface area contributed by atoms with E-state index in [0.717, 1.165) is 0 Å². The fourth-order valence-electron chi connectivity index (χ4n) is 2.22. The third-order valence-electron chi connectivity index (χ3n) is 3.22. The molecule has 0 saturated heterocycles. The van der Waals surface area contributed by atoms with Crippen LogP contribution < -0.4 is 11.1 Å². The predicted molar refractivity (Wildman–Crippen MR) is 88.4 cm³/mol. The molecule has 3 aromatic rings. The minimum Gasteiger partial charge on any atom is -0.369 e. The number of H-pyrrole nitrogens is 1. The average molecular weight is 329 g/mol. The summed E-state index contributed by atoms with van der Waals surface area (Å²) in [4.78, 5) is 30.5. The van der Waals surface area contributed by atoms with E-state index in [1.165, 1.54) is 0 Å². The number of nitrogens with two attached hydrogens (primary N) is 1. The monoisotopic (exact) mass is 328 g/mol. The number of hydrogen-bond acceptors (Lipinski definition) is 3. The Balaban J connectivity index is 1.84. The number of fused-ring (bicyclic) bond motifs is 1. The number of rotatable bonds is 4. The number of halogens is 1. The summed E-state index contributed by atoms with van der Waals surface area (Å²) in [5.41, 5.74) is 7.56. The van der Waals surface area contributed by atoms with Crippen LogP contribution in [0.2, 0.25) is 5.02 Å². The standard InChI is InChI=1S/C16H13ClN4O2/c17-10-2-1-3-11(7-10)19-16(23)9-4-5-12-13(6-9)21-15(20-12)8-14(18)22/h1-7H,8H2,(H2,18,22)(H,19,23)(H,20,21). The molecule has 0 fully saturated rings. The van der Waals surface area contributed by atoms with E-state index in [1.54, 1.807) is 42.5 Å². The van der Waals surface area contributed by atoms with Crippen LogP contribution in [-0.4, -0.2) is 21.8 Å². The number of benzene rings is 2. The Hall–Kier alpha value is -2.86. The van der Waals surface area contributed by atoms with Crippen molar-refractivity contribution in [3.05, 3.63) is 58.9 Å². The van der Waals surface area contributed by atoms with Gasteiger partial charge < -0.3 is 16.0 Å². The average Bonchev–Trinajstić information content (AvgIpc) is 2.87. The van der Waals surface area contributed by atoms with Crippen molar-refractivity contribution in [2.45, 2.75) is 6.42 Å². The summed E-state index contributed by atoms with van der Waals surface area (Å²) in [7, 11) is 0. The molecule has 0 atom stereocenters. The van der Waals surface area contributed by atoms with E-state index in [-0.39, 0.29) is 12.3 Å². The van der Waals surface area contributed by atoms with Crippen molar-refractivity contribution in [2.24, 2.45) is 5.73 Å². The Labute approximate surface area is 136 Å². The lowest BCUT2D eigenvalue weighted by Crippen LogP contribution is -2.14. The fourth-order valence-corrected chi connectivity index (χ4v) is 2.41. The van der Waals surface area contributed by atoms with Gasteiger partial charge in [0.05, 0.1) is 17.5 Å². The highest BCUT2D eigenvalue weighted by Gasteiger charge is 2.10. The van der Waals surface area contributed by atoms with Gasteiger partial charge >= 0.3 is 0 Å². The highest BCUT2D eigenvalue weighted by molar-refractivity contribution is 6.31. The van der Waals surface area contributed by atoms with Gasteiger partial charge in [0, 0.05) is 16.3 Å². The first kappa shape index (κ1) is 15.1. The lowest BCUT2D eigenvalue weighted by molar-refractivity contribution is -0.117. The molecular formula is C16H13ClN4O2. The number of aromatic nitrogens is 2. The van der Waals surface area contributed by atoms with Gasteiger partial charge in [-0.25, -0.2) is 4.98 Å². The number of anilines is 1. The Kier molecular flexibility index (Phi) is 3.99. The van der Waals surface area contributed by atoms with Gasteiger partial charge in [-0.3, -0.25) is 9.59 Å². The summed E-state index contributed by atoms with van der Waals surface area (Å²) in [6, 6.07) is 12.0. The van der Waals surface area contributed by atoms with E-state index in [1.807, 2.05) is 0 Å². The van der Waals surface area contributed by atoms with Crippen LogP contribution in [0, 0.1) is 0 Å². The Morgan fingerprint density at radius 1 is 1.22 bits per heavy atom. The number of carbonyl (C=O) groups excluding carboxylic acids is 2. The molecule has 6 nitrogen and oxygen atoms in total. The number of nitrogens with one attached hydrogen (secondary N) is 2. The van der Waals surface area contributed by atoms with E-state index >= 15 is 0 Å². The van der Waals surface area contributed by atoms with Gasteiger partial charge in [-0.15, -0.1) is 0 Å². The van der Waals surface area contributed by atoms with Crippen molar-refractivity contribution in [3.63, 3.8) is 0 Å². The van der Waals surface area contributed by atoms with Gasteiger partial charge in [-0.05, 0) is 36.4 Å². The number of amides is 2. The van der Waals surface area contributed by atoms with Gasteiger partial charge in [0.25, 0.3) is 5.91 Å². The molecule has 0 bridgehead atoms. The molecule has 3 rings (SSSR count). The van der Waals surface area contributed by atoms with E-state index in [4.69, 9.17) is 17.3 Å². The van der Waals surface area contributed by atoms with Crippen molar-refractivity contribution in [1.29, 1.82) is 0 Å². The first-order valence-corrected chi connectivity index (χ1v) is 7.23. The zero-order valence-corrected chi connectivity index (χ0v) is 12.7. The van der Waals surface area contributed by atoms with Crippen LogP contribution in [0.5, 0.6) is 0 Å². The van der Waals surface area contributed by atoms with E-state index in [2.05, 4.69) is 15.3 Å². The highest BCUT2D eigenvalue weighted by atomic mass is 35.5. The molecular weight excluding hydrogens is 316 g/mol. The Bertz CT molecular complexity index is 904. The highest BCUT2D eigenvalue weighted by Crippen LogP contribution is 2.18. The van der Waals surface area contributed by atoms with Crippen LogP contribution in [0.3, 0.4) is 0 Å². The summed E-state index contributed by atoms with van der Waals surface area (Å²) in [5.74, 6) is -0.261. The molecule has 1 aromatic heterocycles. The molecule has 0 radical (unpaired) electrons. The molecule has 2 aromatic carbocycles. The van der Waals surface area contributed by atoms with Crippen molar-refractivity contribution < 1.29 is 9.59 Å². The van der Waals surface area contributed by atoms with Crippen LogP contribution in [0.25, 0.3) is 11.0 Å². The van der Waals surface area contributed by atoms with Crippen LogP contribution in [0.1, 0.15) is 16.2 Å². The van der Waals surface area contributed by atoms with Gasteiger partial charge in [-0.1, -0.05) is 17.7 Å². The van der Waals surface area contributed by atoms with Crippen LogP contribution in [-0.2, 0) is 11.2 Å². The molecule has 0 spiro atoms. The maximum atomic E-state index is 12.3. The molecule has 0 aliphatic carbocycles. The Morgan fingerprint density at radius 3 is 2.78 bits per heavy atom. The number of imidazole rings is 1. The maximum Gasteiger partial charge on any atom is 0.255 e. The molecule has 0 saturated carbocycles. The van der Waals surface area contributed by atoms with Crippen molar-refractivity contribution in [1.82, 2.24) is 9.97 Å². The summed E-state index contributed by atoms with van der Waals surface area (Å²) in [6.07, 6.45) is 0.0265. The van der Waals surface area contributed by atoms with Crippen molar-refractivity contribution >= 4 is 40.1 Å². The van der Waals surface area contributed by atoms with Crippen LogP contribution in [0.15, 0.2) is 42.5 Å². The topological polar surface area (TPSA) is 101 Å². The molecule has 0 aliphatic heterocycles. The van der Waals surface area contributed by atoms with Crippen LogP contribution in [0.4, 0.5) is 5.69 Å².